The summed E-state index contributed by atoms with van der Waals surface area (Å²) in [6.45, 7) is 8.89. The van der Waals surface area contributed by atoms with Gasteiger partial charge in [0.15, 0.2) is 0 Å². The van der Waals surface area contributed by atoms with E-state index in [4.69, 9.17) is 11.6 Å². The summed E-state index contributed by atoms with van der Waals surface area (Å²) >= 11 is 6.23. The van der Waals surface area contributed by atoms with E-state index in [9.17, 15) is 9.59 Å². The zero-order valence-corrected chi connectivity index (χ0v) is 22.6. The van der Waals surface area contributed by atoms with E-state index in [1.54, 1.807) is 0 Å². The number of amides is 2. The molecule has 0 radical (unpaired) electrons. The van der Waals surface area contributed by atoms with Crippen LogP contribution >= 0.6 is 11.6 Å². The molecule has 2 heterocycles. The van der Waals surface area contributed by atoms with E-state index in [1.165, 1.54) is 0 Å². The number of rotatable bonds is 11. The first kappa shape index (κ1) is 27.2. The Labute approximate surface area is 224 Å². The molecule has 2 amide bonds. The lowest BCUT2D eigenvalue weighted by Crippen LogP contribution is -2.53. The Hall–Kier alpha value is -2.87. The highest BCUT2D eigenvalue weighted by Crippen LogP contribution is 2.19. The number of nitrogens with zero attached hydrogens (tertiary/aromatic N) is 2. The first-order valence-corrected chi connectivity index (χ1v) is 13.6. The zero-order chi connectivity index (χ0) is 26.2. The fraction of sp³-hybridized carbons (Fsp3) is 0.448. The van der Waals surface area contributed by atoms with Gasteiger partial charge in [-0.15, -0.1) is 0 Å². The van der Waals surface area contributed by atoms with E-state index in [0.717, 1.165) is 48.2 Å². The summed E-state index contributed by atoms with van der Waals surface area (Å²) in [7, 11) is 0. The summed E-state index contributed by atoms with van der Waals surface area (Å²) in [5, 5.41) is 8.04. The van der Waals surface area contributed by atoms with Gasteiger partial charge in [0, 0.05) is 67.3 Å². The van der Waals surface area contributed by atoms with Crippen LogP contribution in [0, 0.1) is 0 Å². The molecule has 4 rings (SSSR count). The maximum atomic E-state index is 13.0. The van der Waals surface area contributed by atoms with Gasteiger partial charge >= 0.3 is 0 Å². The van der Waals surface area contributed by atoms with Gasteiger partial charge in [-0.3, -0.25) is 19.4 Å². The van der Waals surface area contributed by atoms with E-state index >= 15 is 0 Å². The lowest BCUT2D eigenvalue weighted by Gasteiger charge is -2.36. The van der Waals surface area contributed by atoms with Gasteiger partial charge in [-0.1, -0.05) is 48.0 Å². The second kappa shape index (κ2) is 13.1. The maximum Gasteiger partial charge on any atom is 0.234 e. The molecule has 3 aromatic rings. The molecule has 37 heavy (non-hydrogen) atoms. The first-order chi connectivity index (χ1) is 17.9. The van der Waals surface area contributed by atoms with E-state index in [0.29, 0.717) is 43.4 Å². The molecule has 1 saturated heterocycles. The molecule has 198 valence electrons. The Morgan fingerprint density at radius 1 is 0.973 bits per heavy atom. The Balaban J connectivity index is 1.34. The van der Waals surface area contributed by atoms with Gasteiger partial charge in [0.25, 0.3) is 0 Å². The SMILES string of the molecule is CC(C)N1CCN(CC(=O)N[C@@H](CNC(=O)CCc2ccccc2Cl)Cc2c[nH]c3ccccc23)CC1. The number of hydrogen-bond acceptors (Lipinski definition) is 4. The van der Waals surface area contributed by atoms with Crippen molar-refractivity contribution in [3.8, 4) is 0 Å². The Morgan fingerprint density at radius 2 is 1.70 bits per heavy atom. The molecule has 7 nitrogen and oxygen atoms in total. The second-order valence-electron chi connectivity index (χ2n) is 10.1. The third-order valence-corrected chi connectivity index (χ3v) is 7.50. The number of piperazine rings is 1. The largest absolute Gasteiger partial charge is 0.361 e. The van der Waals surface area contributed by atoms with Crippen molar-refractivity contribution in [2.24, 2.45) is 0 Å². The Morgan fingerprint density at radius 3 is 2.46 bits per heavy atom. The summed E-state index contributed by atoms with van der Waals surface area (Å²) < 4.78 is 0. The molecule has 0 bridgehead atoms. The van der Waals surface area contributed by atoms with E-state index in [-0.39, 0.29) is 17.9 Å². The van der Waals surface area contributed by atoms with E-state index in [2.05, 4.69) is 45.3 Å². The van der Waals surface area contributed by atoms with Gasteiger partial charge in [0.1, 0.15) is 0 Å². The quantitative estimate of drug-likeness (QED) is 0.358. The van der Waals surface area contributed by atoms with E-state index in [1.807, 2.05) is 48.7 Å². The molecule has 0 spiro atoms. The number of benzene rings is 2. The van der Waals surface area contributed by atoms with Crippen LogP contribution < -0.4 is 10.6 Å². The molecular weight excluding hydrogens is 486 g/mol. The number of carbonyl (C=O) groups is 2. The average Bonchev–Trinajstić information content (AvgIpc) is 3.30. The zero-order valence-electron chi connectivity index (χ0n) is 21.8. The fourth-order valence-corrected chi connectivity index (χ4v) is 5.16. The molecule has 0 aliphatic carbocycles. The molecule has 1 aromatic heterocycles. The number of para-hydroxylation sites is 1. The topological polar surface area (TPSA) is 80.5 Å². The number of hydrogen-bond donors (Lipinski definition) is 3. The van der Waals surface area contributed by atoms with Gasteiger partial charge in [0.05, 0.1) is 12.6 Å². The highest BCUT2D eigenvalue weighted by molar-refractivity contribution is 6.31. The average molecular weight is 524 g/mol. The molecule has 0 unspecified atom stereocenters. The normalized spacial score (nSPS) is 15.7. The minimum atomic E-state index is -0.215. The van der Waals surface area contributed by atoms with Gasteiger partial charge in [0.2, 0.25) is 11.8 Å². The first-order valence-electron chi connectivity index (χ1n) is 13.2. The van der Waals surface area contributed by atoms with E-state index < -0.39 is 0 Å². The number of aromatic amines is 1. The third-order valence-electron chi connectivity index (χ3n) is 7.14. The molecule has 2 aromatic carbocycles. The van der Waals surface area contributed by atoms with Crippen LogP contribution in [0.25, 0.3) is 10.9 Å². The Kier molecular flexibility index (Phi) is 9.61. The van der Waals surface area contributed by atoms with Crippen LogP contribution in [-0.4, -0.2) is 78.0 Å². The highest BCUT2D eigenvalue weighted by atomic mass is 35.5. The van der Waals surface area contributed by atoms with Crippen LogP contribution in [0.15, 0.2) is 54.7 Å². The molecule has 1 aliphatic rings. The van der Waals surface area contributed by atoms with Crippen LogP contribution in [0.5, 0.6) is 0 Å². The van der Waals surface area contributed by atoms with Crippen molar-refractivity contribution in [1.82, 2.24) is 25.4 Å². The minimum absolute atomic E-state index is 0.00634. The number of nitrogens with one attached hydrogen (secondary N) is 3. The number of aromatic nitrogens is 1. The minimum Gasteiger partial charge on any atom is -0.361 e. The molecule has 1 atom stereocenters. The number of aryl methyl sites for hydroxylation is 1. The van der Waals surface area contributed by atoms with Gasteiger partial charge in [-0.25, -0.2) is 0 Å². The number of fused-ring (bicyclic) bond motifs is 1. The van der Waals surface area contributed by atoms with Crippen molar-refractivity contribution in [3.05, 3.63) is 70.9 Å². The maximum absolute atomic E-state index is 13.0. The van der Waals surface area contributed by atoms with Gasteiger partial charge < -0.3 is 15.6 Å². The van der Waals surface area contributed by atoms with Crippen molar-refractivity contribution in [1.29, 1.82) is 0 Å². The number of H-pyrrole nitrogens is 1. The van der Waals surface area contributed by atoms with Crippen LogP contribution in [0.2, 0.25) is 5.02 Å². The fourth-order valence-electron chi connectivity index (χ4n) is 4.93. The number of carbonyl (C=O) groups excluding carboxylic acids is 2. The smallest absolute Gasteiger partial charge is 0.234 e. The standard InChI is InChI=1S/C29H38ClN5O2/c1-21(2)35-15-13-34(14-16-35)20-29(37)33-24(17-23-18-31-27-10-6-4-8-25(23)27)19-32-28(36)12-11-22-7-3-5-9-26(22)30/h3-10,18,21,24,31H,11-17,19-20H2,1-2H3,(H,32,36)(H,33,37)/t24-/m1/s1. The van der Waals surface area contributed by atoms with Crippen molar-refractivity contribution in [2.75, 3.05) is 39.3 Å². The van der Waals surface area contributed by atoms with Crippen molar-refractivity contribution in [2.45, 2.75) is 45.2 Å². The Bertz CT molecular complexity index is 1190. The van der Waals surface area contributed by atoms with Crippen LogP contribution in [0.3, 0.4) is 0 Å². The number of halogens is 1. The van der Waals surface area contributed by atoms with Crippen LogP contribution in [0.4, 0.5) is 0 Å². The second-order valence-corrected chi connectivity index (χ2v) is 10.5. The molecule has 8 heteroatoms. The molecule has 1 aliphatic heterocycles. The van der Waals surface area contributed by atoms with Gasteiger partial charge in [-0.2, -0.15) is 0 Å². The molecule has 3 N–H and O–H groups in total. The molecule has 0 saturated carbocycles. The summed E-state index contributed by atoms with van der Waals surface area (Å²) in [5.74, 6) is -0.0592. The lowest BCUT2D eigenvalue weighted by atomic mass is 10.0. The predicted octanol–water partition coefficient (Wildman–Crippen LogP) is 3.62. The third kappa shape index (κ3) is 7.81. The van der Waals surface area contributed by atoms with Gasteiger partial charge in [-0.05, 0) is 49.9 Å². The van der Waals surface area contributed by atoms with Crippen LogP contribution in [0.1, 0.15) is 31.4 Å². The lowest BCUT2D eigenvalue weighted by molar-refractivity contribution is -0.124. The highest BCUT2D eigenvalue weighted by Gasteiger charge is 2.22. The van der Waals surface area contributed by atoms with Crippen molar-refractivity contribution >= 4 is 34.3 Å². The van der Waals surface area contributed by atoms with Crippen molar-refractivity contribution < 1.29 is 9.59 Å². The summed E-state index contributed by atoms with van der Waals surface area (Å²) in [5.41, 5.74) is 3.15. The van der Waals surface area contributed by atoms with Crippen LogP contribution in [-0.2, 0) is 22.4 Å². The molecule has 1 fully saturated rings. The summed E-state index contributed by atoms with van der Waals surface area (Å²) in [4.78, 5) is 33.6. The predicted molar refractivity (Wildman–Crippen MR) is 150 cm³/mol. The summed E-state index contributed by atoms with van der Waals surface area (Å²) in [6.07, 6.45) is 3.54. The monoisotopic (exact) mass is 523 g/mol. The van der Waals surface area contributed by atoms with Crippen molar-refractivity contribution in [3.63, 3.8) is 0 Å². The molecular formula is C29H38ClN5O2. The summed E-state index contributed by atoms with van der Waals surface area (Å²) in [6, 6.07) is 16.0.